The zero-order chi connectivity index (χ0) is 18.2. The molecule has 0 heterocycles. The maximum Gasteiger partial charge on any atom is 0.351 e. The van der Waals surface area contributed by atoms with E-state index in [-0.39, 0.29) is 26.3 Å². The van der Waals surface area contributed by atoms with Gasteiger partial charge in [0.25, 0.3) is 5.91 Å². The van der Waals surface area contributed by atoms with Gasteiger partial charge in [-0.2, -0.15) is 8.78 Å². The molecule has 0 saturated heterocycles. The molecule has 0 fully saturated rings. The highest BCUT2D eigenvalue weighted by Gasteiger charge is 2.56. The smallest absolute Gasteiger partial charge is 0.351 e. The number of aliphatic hydroxyl groups excluding tert-OH is 1. The van der Waals surface area contributed by atoms with Gasteiger partial charge in [0, 0.05) is 13.1 Å². The summed E-state index contributed by atoms with van der Waals surface area (Å²) in [5.74, 6) is -11.1. The molecule has 134 valence electrons. The maximum absolute atomic E-state index is 14.2. The second-order valence-corrected chi connectivity index (χ2v) is 4.53. The van der Waals surface area contributed by atoms with E-state index in [2.05, 4.69) is 9.47 Å². The first-order chi connectivity index (χ1) is 10.7. The third-order valence-electron chi connectivity index (χ3n) is 3.10. The molecule has 0 aliphatic rings. The lowest BCUT2D eigenvalue weighted by Crippen LogP contribution is -2.56. The van der Waals surface area contributed by atoms with Crippen molar-refractivity contribution >= 4 is 17.8 Å². The molecule has 1 N–H and O–H groups in total. The van der Waals surface area contributed by atoms with Crippen LogP contribution in [0.25, 0.3) is 0 Å². The summed E-state index contributed by atoms with van der Waals surface area (Å²) in [6.07, 6.45) is -2.88. The number of esters is 2. The zero-order valence-electron chi connectivity index (χ0n) is 13.7. The molecule has 0 rings (SSSR count). The fourth-order valence-electron chi connectivity index (χ4n) is 1.88. The van der Waals surface area contributed by atoms with Crippen molar-refractivity contribution in [2.75, 3.05) is 26.3 Å². The predicted molar refractivity (Wildman–Crippen MR) is 75.6 cm³/mol. The first-order valence-electron chi connectivity index (χ1n) is 7.37. The van der Waals surface area contributed by atoms with Gasteiger partial charge in [-0.1, -0.05) is 0 Å². The summed E-state index contributed by atoms with van der Waals surface area (Å²) in [5, 5.41) is 9.84. The molecule has 0 aliphatic heterocycles. The van der Waals surface area contributed by atoms with Crippen LogP contribution >= 0.6 is 0 Å². The van der Waals surface area contributed by atoms with Crippen molar-refractivity contribution < 1.29 is 37.7 Å². The number of carbonyl (C=O) groups excluding carboxylic acids is 3. The zero-order valence-corrected chi connectivity index (χ0v) is 13.7. The molecular weight excluding hydrogens is 316 g/mol. The highest BCUT2D eigenvalue weighted by Crippen LogP contribution is 2.28. The third-order valence-corrected chi connectivity index (χ3v) is 3.10. The van der Waals surface area contributed by atoms with Gasteiger partial charge in [-0.15, -0.1) is 0 Å². The van der Waals surface area contributed by atoms with Crippen LogP contribution in [0.5, 0.6) is 0 Å². The van der Waals surface area contributed by atoms with Gasteiger partial charge < -0.3 is 19.5 Å². The summed E-state index contributed by atoms with van der Waals surface area (Å²) in [6.45, 7) is 5.39. The van der Waals surface area contributed by atoms with Gasteiger partial charge in [0.05, 0.1) is 13.2 Å². The molecule has 1 unspecified atom stereocenters. The van der Waals surface area contributed by atoms with Crippen molar-refractivity contribution in [3.8, 4) is 0 Å². The molecule has 0 saturated carbocycles. The van der Waals surface area contributed by atoms with E-state index >= 15 is 0 Å². The topological polar surface area (TPSA) is 93.1 Å². The first kappa shape index (κ1) is 21.2. The van der Waals surface area contributed by atoms with Crippen LogP contribution in [-0.4, -0.2) is 66.2 Å². The molecule has 0 aliphatic carbocycles. The van der Waals surface area contributed by atoms with Crippen LogP contribution in [0.1, 0.15) is 27.7 Å². The second kappa shape index (κ2) is 9.39. The Morgan fingerprint density at radius 3 is 1.70 bits per heavy atom. The van der Waals surface area contributed by atoms with E-state index < -0.39 is 35.8 Å². The van der Waals surface area contributed by atoms with Gasteiger partial charge in [-0.05, 0) is 27.7 Å². The minimum atomic E-state index is -4.34. The summed E-state index contributed by atoms with van der Waals surface area (Å²) >= 11 is 0. The van der Waals surface area contributed by atoms with E-state index in [0.29, 0.717) is 0 Å². The van der Waals surface area contributed by atoms with Crippen molar-refractivity contribution in [1.29, 1.82) is 0 Å². The number of nitrogens with zero attached hydrogens (tertiary/aromatic N) is 1. The van der Waals surface area contributed by atoms with Gasteiger partial charge in [-0.25, -0.2) is 0 Å². The fraction of sp³-hybridized carbons (Fsp3) is 0.786. The van der Waals surface area contributed by atoms with Crippen molar-refractivity contribution in [1.82, 2.24) is 4.90 Å². The maximum atomic E-state index is 14.2. The van der Waals surface area contributed by atoms with Gasteiger partial charge in [0.15, 0.2) is 12.0 Å². The Bertz CT molecular complexity index is 407. The summed E-state index contributed by atoms with van der Waals surface area (Å²) in [5.41, 5.74) is 0. The number of aliphatic hydroxyl groups is 1. The van der Waals surface area contributed by atoms with Crippen LogP contribution in [0.2, 0.25) is 0 Å². The van der Waals surface area contributed by atoms with Crippen molar-refractivity contribution in [3.05, 3.63) is 0 Å². The van der Waals surface area contributed by atoms with E-state index in [1.165, 1.54) is 27.7 Å². The molecule has 9 heteroatoms. The number of amides is 1. The minimum Gasteiger partial charge on any atom is -0.465 e. The monoisotopic (exact) mass is 339 g/mol. The van der Waals surface area contributed by atoms with E-state index in [1.807, 2.05) is 0 Å². The lowest BCUT2D eigenvalue weighted by molar-refractivity contribution is -0.193. The molecule has 0 spiro atoms. The highest BCUT2D eigenvalue weighted by molar-refractivity contribution is 5.97. The summed E-state index contributed by atoms with van der Waals surface area (Å²) in [6, 6.07) is 0. The Morgan fingerprint density at radius 1 is 1.00 bits per heavy atom. The van der Waals surface area contributed by atoms with E-state index in [0.717, 1.165) is 4.90 Å². The van der Waals surface area contributed by atoms with Crippen LogP contribution in [0, 0.1) is 5.92 Å². The molecule has 0 aromatic carbocycles. The second-order valence-electron chi connectivity index (χ2n) is 4.53. The number of hydrogen-bond donors (Lipinski definition) is 1. The first-order valence-corrected chi connectivity index (χ1v) is 7.37. The van der Waals surface area contributed by atoms with Crippen LogP contribution in [-0.2, 0) is 23.9 Å². The number of rotatable bonds is 9. The Balaban J connectivity index is 5.55. The molecule has 0 bridgehead atoms. The number of alkyl halides is 2. The van der Waals surface area contributed by atoms with E-state index in [9.17, 15) is 28.3 Å². The van der Waals surface area contributed by atoms with Gasteiger partial charge in [-0.3, -0.25) is 14.4 Å². The lowest BCUT2D eigenvalue weighted by Gasteiger charge is -2.30. The molecule has 1 amide bonds. The minimum absolute atomic E-state index is 0.0128. The van der Waals surface area contributed by atoms with Crippen LogP contribution in [0.15, 0.2) is 0 Å². The predicted octanol–water partition coefficient (Wildman–Crippen LogP) is 0.593. The number of hydrogen-bond acceptors (Lipinski definition) is 6. The van der Waals surface area contributed by atoms with Crippen molar-refractivity contribution in [3.63, 3.8) is 0 Å². The van der Waals surface area contributed by atoms with Crippen LogP contribution < -0.4 is 0 Å². The average molecular weight is 339 g/mol. The summed E-state index contributed by atoms with van der Waals surface area (Å²) in [7, 11) is 0. The quantitative estimate of drug-likeness (QED) is 0.488. The number of carbonyl (C=O) groups is 3. The Hall–Kier alpha value is -1.77. The Labute approximate surface area is 133 Å². The normalized spacial score (nSPS) is 12.7. The molecule has 0 aromatic rings. The molecule has 0 aromatic heterocycles. The van der Waals surface area contributed by atoms with Crippen molar-refractivity contribution in [2.45, 2.75) is 39.7 Å². The molecular formula is C14H23F2NO6. The van der Waals surface area contributed by atoms with Crippen LogP contribution in [0.3, 0.4) is 0 Å². The Kier molecular flexibility index (Phi) is 8.66. The molecule has 1 atom stereocenters. The molecule has 7 nitrogen and oxygen atoms in total. The number of ether oxygens (including phenoxy) is 2. The number of halogens is 2. The molecule has 23 heavy (non-hydrogen) atoms. The van der Waals surface area contributed by atoms with E-state index in [1.54, 1.807) is 0 Å². The Morgan fingerprint density at radius 2 is 1.39 bits per heavy atom. The lowest BCUT2D eigenvalue weighted by atomic mass is 9.96. The largest absolute Gasteiger partial charge is 0.465 e. The average Bonchev–Trinajstić information content (AvgIpc) is 2.48. The third kappa shape index (κ3) is 5.12. The summed E-state index contributed by atoms with van der Waals surface area (Å²) in [4.78, 5) is 36.1. The van der Waals surface area contributed by atoms with Gasteiger partial charge >= 0.3 is 17.9 Å². The van der Waals surface area contributed by atoms with Crippen LogP contribution in [0.4, 0.5) is 8.78 Å². The fourth-order valence-corrected chi connectivity index (χ4v) is 1.88. The van der Waals surface area contributed by atoms with Crippen molar-refractivity contribution in [2.24, 2.45) is 5.92 Å². The van der Waals surface area contributed by atoms with E-state index in [4.69, 9.17) is 0 Å². The molecule has 0 radical (unpaired) electrons. The van der Waals surface area contributed by atoms with Gasteiger partial charge in [0.1, 0.15) is 0 Å². The van der Waals surface area contributed by atoms with Gasteiger partial charge in [0.2, 0.25) is 0 Å². The summed E-state index contributed by atoms with van der Waals surface area (Å²) < 4.78 is 37.5. The SMILES string of the molecule is CCOC(=O)C(C(=O)OCC)C(O)C(F)(F)C(=O)N(CC)CC. The highest BCUT2D eigenvalue weighted by atomic mass is 19.3. The standard InChI is InChI=1S/C14H23F2NO6/c1-5-17(6-2)13(21)14(15,16)10(18)9(11(19)22-7-3)12(20)23-8-4/h9-10,18H,5-8H2,1-4H3.